The number of nitrogens with zero attached hydrogens (tertiary/aromatic N) is 1. The number of carbonyl (C=O) groups is 1. The van der Waals surface area contributed by atoms with Gasteiger partial charge in [-0.25, -0.2) is 0 Å². The Morgan fingerprint density at radius 1 is 1.14 bits per heavy atom. The molecule has 0 bridgehead atoms. The fourth-order valence-electron chi connectivity index (χ4n) is 1.67. The monoisotopic (exact) mass is 302 g/mol. The van der Waals surface area contributed by atoms with Gasteiger partial charge in [0.25, 0.3) is 5.69 Å². The summed E-state index contributed by atoms with van der Waals surface area (Å²) in [5.74, 6) is -0.107. The molecule has 0 heterocycles. The van der Waals surface area contributed by atoms with Crippen LogP contribution in [-0.2, 0) is 4.79 Å². The predicted molar refractivity (Wildman–Crippen MR) is 83.5 cm³/mol. The summed E-state index contributed by atoms with van der Waals surface area (Å²) >= 11 is 1.36. The molecule has 2 aromatic rings. The van der Waals surface area contributed by atoms with Crippen molar-refractivity contribution in [2.24, 2.45) is 0 Å². The van der Waals surface area contributed by atoms with Gasteiger partial charge >= 0.3 is 0 Å². The van der Waals surface area contributed by atoms with Crippen LogP contribution in [0.25, 0.3) is 0 Å². The van der Waals surface area contributed by atoms with Crippen molar-refractivity contribution in [1.29, 1.82) is 0 Å². The van der Waals surface area contributed by atoms with Crippen molar-refractivity contribution in [2.45, 2.75) is 17.1 Å². The number of hydrogen-bond donors (Lipinski definition) is 1. The highest BCUT2D eigenvalue weighted by molar-refractivity contribution is 8.00. The molecule has 21 heavy (non-hydrogen) atoms. The minimum atomic E-state index is -0.444. The number of para-hydroxylation sites is 1. The SMILES string of the molecule is C[C@H](Sc1ccc([N+](=O)[O-])cc1)C(=O)Nc1ccccc1. The molecule has 0 aromatic heterocycles. The van der Waals surface area contributed by atoms with Crippen LogP contribution in [0.2, 0.25) is 0 Å². The molecule has 0 fully saturated rings. The second-order valence-electron chi connectivity index (χ2n) is 4.37. The molecule has 5 nitrogen and oxygen atoms in total. The first kappa shape index (κ1) is 15.1. The Bertz CT molecular complexity index is 629. The number of amides is 1. The maximum Gasteiger partial charge on any atom is 0.269 e. The number of thioether (sulfide) groups is 1. The molecular formula is C15H14N2O3S. The number of nitro benzene ring substituents is 1. The molecule has 6 heteroatoms. The zero-order valence-corrected chi connectivity index (χ0v) is 12.2. The second-order valence-corrected chi connectivity index (χ2v) is 5.78. The summed E-state index contributed by atoms with van der Waals surface area (Å²) < 4.78 is 0. The predicted octanol–water partition coefficient (Wildman–Crippen LogP) is 3.71. The van der Waals surface area contributed by atoms with Crippen LogP contribution in [0.15, 0.2) is 59.5 Å². The molecule has 0 aliphatic carbocycles. The number of benzene rings is 2. The largest absolute Gasteiger partial charge is 0.325 e. The lowest BCUT2D eigenvalue weighted by molar-refractivity contribution is -0.384. The van der Waals surface area contributed by atoms with Crippen LogP contribution >= 0.6 is 11.8 Å². The van der Waals surface area contributed by atoms with Gasteiger partial charge in [-0.15, -0.1) is 11.8 Å². The average Bonchev–Trinajstić information content (AvgIpc) is 2.48. The first-order valence-corrected chi connectivity index (χ1v) is 7.21. The Hall–Kier alpha value is -2.34. The van der Waals surface area contributed by atoms with E-state index < -0.39 is 4.92 Å². The van der Waals surface area contributed by atoms with Crippen molar-refractivity contribution in [3.05, 3.63) is 64.7 Å². The van der Waals surface area contributed by atoms with Gasteiger partial charge in [0.2, 0.25) is 5.91 Å². The molecule has 0 saturated heterocycles. The standard InChI is InChI=1S/C15H14N2O3S/c1-11(15(18)16-12-5-3-2-4-6-12)21-14-9-7-13(8-10-14)17(19)20/h2-11H,1H3,(H,16,18)/t11-/m0/s1. The quantitative estimate of drug-likeness (QED) is 0.519. The molecule has 2 rings (SSSR count). The third-order valence-electron chi connectivity index (χ3n) is 2.77. The topological polar surface area (TPSA) is 72.2 Å². The lowest BCUT2D eigenvalue weighted by Gasteiger charge is -2.11. The van der Waals surface area contributed by atoms with Gasteiger partial charge in [-0.1, -0.05) is 18.2 Å². The summed E-state index contributed by atoms with van der Waals surface area (Å²) in [4.78, 5) is 23.0. The molecule has 0 aliphatic heterocycles. The van der Waals surface area contributed by atoms with Crippen LogP contribution in [0.1, 0.15) is 6.92 Å². The van der Waals surface area contributed by atoms with Crippen molar-refractivity contribution >= 4 is 29.0 Å². The third-order valence-corrected chi connectivity index (χ3v) is 3.88. The van der Waals surface area contributed by atoms with Crippen LogP contribution < -0.4 is 5.32 Å². The number of anilines is 1. The lowest BCUT2D eigenvalue weighted by Crippen LogP contribution is -2.22. The van der Waals surface area contributed by atoms with E-state index in [1.807, 2.05) is 30.3 Å². The Balaban J connectivity index is 1.95. The zero-order chi connectivity index (χ0) is 15.2. The molecule has 0 saturated carbocycles. The highest BCUT2D eigenvalue weighted by Gasteiger charge is 2.15. The van der Waals surface area contributed by atoms with Gasteiger partial charge in [-0.05, 0) is 31.2 Å². The summed E-state index contributed by atoms with van der Waals surface area (Å²) in [7, 11) is 0. The number of rotatable bonds is 5. The van der Waals surface area contributed by atoms with Gasteiger partial charge in [0.1, 0.15) is 0 Å². The maximum absolute atomic E-state index is 12.1. The number of nitrogens with one attached hydrogen (secondary N) is 1. The van der Waals surface area contributed by atoms with Crippen molar-refractivity contribution in [2.75, 3.05) is 5.32 Å². The number of nitro groups is 1. The van der Waals surface area contributed by atoms with E-state index in [9.17, 15) is 14.9 Å². The average molecular weight is 302 g/mol. The Morgan fingerprint density at radius 3 is 2.33 bits per heavy atom. The van der Waals surface area contributed by atoms with Gasteiger partial charge in [-0.3, -0.25) is 14.9 Å². The van der Waals surface area contributed by atoms with E-state index in [0.29, 0.717) is 0 Å². The summed E-state index contributed by atoms with van der Waals surface area (Å²) in [6, 6.07) is 15.4. The molecule has 0 radical (unpaired) electrons. The van der Waals surface area contributed by atoms with Crippen LogP contribution in [0.5, 0.6) is 0 Å². The molecular weight excluding hydrogens is 288 g/mol. The summed E-state index contributed by atoms with van der Waals surface area (Å²) in [5, 5.41) is 13.1. The molecule has 1 amide bonds. The van der Waals surface area contributed by atoms with E-state index in [-0.39, 0.29) is 16.8 Å². The van der Waals surface area contributed by atoms with Crippen LogP contribution in [0.4, 0.5) is 11.4 Å². The summed E-state index contributed by atoms with van der Waals surface area (Å²) in [6.07, 6.45) is 0. The van der Waals surface area contributed by atoms with Crippen molar-refractivity contribution in [3.63, 3.8) is 0 Å². The Labute approximate surface area is 126 Å². The van der Waals surface area contributed by atoms with Gasteiger partial charge in [0.05, 0.1) is 10.2 Å². The van der Waals surface area contributed by atoms with Crippen molar-refractivity contribution in [3.8, 4) is 0 Å². The molecule has 1 atom stereocenters. The zero-order valence-electron chi connectivity index (χ0n) is 11.4. The van der Waals surface area contributed by atoms with Gasteiger partial charge < -0.3 is 5.32 Å². The van der Waals surface area contributed by atoms with Gasteiger partial charge in [0.15, 0.2) is 0 Å². The third kappa shape index (κ3) is 4.32. The Kier molecular flexibility index (Phi) is 4.94. The lowest BCUT2D eigenvalue weighted by atomic mass is 10.3. The normalized spacial score (nSPS) is 11.7. The minimum Gasteiger partial charge on any atom is -0.325 e. The van der Waals surface area contributed by atoms with Gasteiger partial charge in [-0.2, -0.15) is 0 Å². The van der Waals surface area contributed by atoms with E-state index in [1.165, 1.54) is 23.9 Å². The van der Waals surface area contributed by atoms with Crippen LogP contribution in [0.3, 0.4) is 0 Å². The molecule has 0 unspecified atom stereocenters. The molecule has 2 aromatic carbocycles. The first-order valence-electron chi connectivity index (χ1n) is 6.33. The number of hydrogen-bond acceptors (Lipinski definition) is 4. The highest BCUT2D eigenvalue weighted by atomic mass is 32.2. The minimum absolute atomic E-state index is 0.0424. The summed E-state index contributed by atoms with van der Waals surface area (Å²) in [6.45, 7) is 1.80. The van der Waals surface area contributed by atoms with E-state index >= 15 is 0 Å². The van der Waals surface area contributed by atoms with E-state index in [0.717, 1.165) is 10.6 Å². The smallest absolute Gasteiger partial charge is 0.269 e. The van der Waals surface area contributed by atoms with E-state index in [4.69, 9.17) is 0 Å². The van der Waals surface area contributed by atoms with Gasteiger partial charge in [0, 0.05) is 22.7 Å². The second kappa shape index (κ2) is 6.90. The molecule has 0 aliphatic rings. The van der Waals surface area contributed by atoms with E-state index in [2.05, 4.69) is 5.32 Å². The molecule has 1 N–H and O–H groups in total. The molecule has 0 spiro atoms. The highest BCUT2D eigenvalue weighted by Crippen LogP contribution is 2.26. The summed E-state index contributed by atoms with van der Waals surface area (Å²) in [5.41, 5.74) is 0.791. The fourth-order valence-corrected chi connectivity index (χ4v) is 2.54. The van der Waals surface area contributed by atoms with Crippen molar-refractivity contribution in [1.82, 2.24) is 0 Å². The fraction of sp³-hybridized carbons (Fsp3) is 0.133. The van der Waals surface area contributed by atoms with Crippen molar-refractivity contribution < 1.29 is 9.72 Å². The maximum atomic E-state index is 12.1. The number of non-ortho nitro benzene ring substituents is 1. The van der Waals surface area contributed by atoms with Crippen LogP contribution in [-0.4, -0.2) is 16.1 Å². The number of carbonyl (C=O) groups excluding carboxylic acids is 1. The van der Waals surface area contributed by atoms with Crippen LogP contribution in [0, 0.1) is 10.1 Å². The molecule has 108 valence electrons. The van der Waals surface area contributed by atoms with E-state index in [1.54, 1.807) is 19.1 Å². The first-order chi connectivity index (χ1) is 10.1. The Morgan fingerprint density at radius 2 is 1.76 bits per heavy atom.